The first-order valence-corrected chi connectivity index (χ1v) is 6.33. The van der Waals surface area contributed by atoms with Crippen molar-refractivity contribution in [1.82, 2.24) is 20.0 Å². The summed E-state index contributed by atoms with van der Waals surface area (Å²) in [5.41, 5.74) is 2.18. The van der Waals surface area contributed by atoms with Crippen LogP contribution in [0, 0.1) is 6.92 Å². The fourth-order valence-corrected chi connectivity index (χ4v) is 1.87. The summed E-state index contributed by atoms with van der Waals surface area (Å²) in [6, 6.07) is 9.32. The number of aryl methyl sites for hydroxylation is 2. The SMILES string of the molecule is Cc1cccc(-c2nnc(NC(=O)c3ccn(C)n3)o2)c1. The molecule has 7 nitrogen and oxygen atoms in total. The van der Waals surface area contributed by atoms with E-state index < -0.39 is 5.91 Å². The van der Waals surface area contributed by atoms with E-state index >= 15 is 0 Å². The standard InChI is InChI=1S/C14H13N5O2/c1-9-4-3-5-10(8-9)13-16-17-14(21-13)15-12(20)11-6-7-19(2)18-11/h3-8H,1-2H3,(H,15,17,20). The Morgan fingerprint density at radius 3 is 2.86 bits per heavy atom. The predicted octanol–water partition coefficient (Wildman–Crippen LogP) is 2.03. The van der Waals surface area contributed by atoms with Gasteiger partial charge in [0.1, 0.15) is 0 Å². The zero-order chi connectivity index (χ0) is 14.8. The van der Waals surface area contributed by atoms with Crippen molar-refractivity contribution in [2.45, 2.75) is 6.92 Å². The number of carbonyl (C=O) groups is 1. The first-order chi connectivity index (χ1) is 10.1. The third-order valence-electron chi connectivity index (χ3n) is 2.86. The monoisotopic (exact) mass is 283 g/mol. The molecule has 0 unspecified atom stereocenters. The van der Waals surface area contributed by atoms with Crippen LogP contribution in [0.4, 0.5) is 6.01 Å². The Kier molecular flexibility index (Phi) is 3.23. The van der Waals surface area contributed by atoms with E-state index in [0.29, 0.717) is 5.89 Å². The van der Waals surface area contributed by atoms with Gasteiger partial charge in [-0.15, -0.1) is 5.10 Å². The van der Waals surface area contributed by atoms with Crippen LogP contribution in [0.3, 0.4) is 0 Å². The average molecular weight is 283 g/mol. The number of carbonyl (C=O) groups excluding carboxylic acids is 1. The molecule has 0 radical (unpaired) electrons. The highest BCUT2D eigenvalue weighted by Gasteiger charge is 2.14. The number of hydrogen-bond donors (Lipinski definition) is 1. The Morgan fingerprint density at radius 1 is 1.29 bits per heavy atom. The maximum absolute atomic E-state index is 11.9. The van der Waals surface area contributed by atoms with Crippen molar-refractivity contribution >= 4 is 11.9 Å². The number of hydrogen-bond acceptors (Lipinski definition) is 5. The second-order valence-corrected chi connectivity index (χ2v) is 4.61. The fourth-order valence-electron chi connectivity index (χ4n) is 1.87. The molecular weight excluding hydrogens is 270 g/mol. The minimum atomic E-state index is -0.393. The molecule has 7 heteroatoms. The molecule has 0 fully saturated rings. The van der Waals surface area contributed by atoms with Crippen LogP contribution < -0.4 is 5.32 Å². The van der Waals surface area contributed by atoms with Gasteiger partial charge in [0, 0.05) is 18.8 Å². The molecule has 0 atom stereocenters. The van der Waals surface area contributed by atoms with Crippen molar-refractivity contribution in [3.63, 3.8) is 0 Å². The largest absolute Gasteiger partial charge is 0.403 e. The van der Waals surface area contributed by atoms with Crippen LogP contribution in [-0.4, -0.2) is 25.9 Å². The summed E-state index contributed by atoms with van der Waals surface area (Å²) < 4.78 is 6.98. The van der Waals surface area contributed by atoms with Gasteiger partial charge < -0.3 is 4.42 Å². The van der Waals surface area contributed by atoms with E-state index in [9.17, 15) is 4.79 Å². The molecule has 0 aliphatic heterocycles. The molecule has 3 aromatic rings. The van der Waals surface area contributed by atoms with Crippen molar-refractivity contribution in [1.29, 1.82) is 0 Å². The van der Waals surface area contributed by atoms with Crippen molar-refractivity contribution in [2.75, 3.05) is 5.32 Å². The third kappa shape index (κ3) is 2.81. The van der Waals surface area contributed by atoms with Gasteiger partial charge in [0.15, 0.2) is 5.69 Å². The van der Waals surface area contributed by atoms with Gasteiger partial charge >= 0.3 is 6.01 Å². The lowest BCUT2D eigenvalue weighted by Crippen LogP contribution is -2.13. The second kappa shape index (κ2) is 5.20. The number of aromatic nitrogens is 4. The summed E-state index contributed by atoms with van der Waals surface area (Å²) in [7, 11) is 1.74. The Bertz CT molecular complexity index is 790. The highest BCUT2D eigenvalue weighted by Crippen LogP contribution is 2.20. The number of anilines is 1. The molecule has 106 valence electrons. The smallest absolute Gasteiger partial charge is 0.322 e. The van der Waals surface area contributed by atoms with Gasteiger partial charge in [0.05, 0.1) is 0 Å². The molecule has 0 aliphatic carbocycles. The van der Waals surface area contributed by atoms with Crippen molar-refractivity contribution in [3.8, 4) is 11.5 Å². The molecule has 2 aromatic heterocycles. The quantitative estimate of drug-likeness (QED) is 0.794. The van der Waals surface area contributed by atoms with Crippen LogP contribution in [0.15, 0.2) is 40.9 Å². The van der Waals surface area contributed by atoms with Gasteiger partial charge in [0.25, 0.3) is 5.91 Å². The van der Waals surface area contributed by atoms with Gasteiger partial charge in [-0.25, -0.2) is 0 Å². The average Bonchev–Trinajstić information content (AvgIpc) is 3.08. The van der Waals surface area contributed by atoms with Crippen molar-refractivity contribution < 1.29 is 9.21 Å². The first kappa shape index (κ1) is 13.0. The Labute approximate surface area is 120 Å². The number of nitrogens with zero attached hydrogens (tertiary/aromatic N) is 4. The Balaban J connectivity index is 1.78. The molecule has 0 bridgehead atoms. The van der Waals surface area contributed by atoms with E-state index in [-0.39, 0.29) is 11.7 Å². The molecule has 1 N–H and O–H groups in total. The third-order valence-corrected chi connectivity index (χ3v) is 2.86. The van der Waals surface area contributed by atoms with Gasteiger partial charge in [-0.1, -0.05) is 22.8 Å². The molecular formula is C14H13N5O2. The summed E-state index contributed by atoms with van der Waals surface area (Å²) in [4.78, 5) is 11.9. The van der Waals surface area contributed by atoms with Crippen molar-refractivity contribution in [2.24, 2.45) is 7.05 Å². The van der Waals surface area contributed by atoms with Gasteiger partial charge in [0.2, 0.25) is 5.89 Å². The van der Waals surface area contributed by atoms with E-state index in [2.05, 4.69) is 20.6 Å². The zero-order valence-electron chi connectivity index (χ0n) is 11.6. The van der Waals surface area contributed by atoms with Crippen LogP contribution in [0.25, 0.3) is 11.5 Å². The molecule has 1 aromatic carbocycles. The van der Waals surface area contributed by atoms with Gasteiger partial charge in [-0.05, 0) is 25.1 Å². The van der Waals surface area contributed by atoms with Crippen LogP contribution >= 0.6 is 0 Å². The lowest BCUT2D eigenvalue weighted by atomic mass is 10.1. The van der Waals surface area contributed by atoms with Crippen LogP contribution in [0.1, 0.15) is 16.1 Å². The summed E-state index contributed by atoms with van der Waals surface area (Å²) in [5.74, 6) is -0.0370. The molecule has 0 aliphatic rings. The van der Waals surface area contributed by atoms with E-state index in [1.54, 1.807) is 24.0 Å². The zero-order valence-corrected chi connectivity index (χ0v) is 11.6. The van der Waals surface area contributed by atoms with Crippen LogP contribution in [0.2, 0.25) is 0 Å². The normalized spacial score (nSPS) is 10.6. The second-order valence-electron chi connectivity index (χ2n) is 4.61. The maximum Gasteiger partial charge on any atom is 0.322 e. The van der Waals surface area contributed by atoms with Gasteiger partial charge in [-0.2, -0.15) is 5.10 Å². The molecule has 3 rings (SSSR count). The molecule has 0 spiro atoms. The van der Waals surface area contributed by atoms with E-state index in [0.717, 1.165) is 11.1 Å². The van der Waals surface area contributed by atoms with E-state index in [4.69, 9.17) is 4.42 Å². The minimum absolute atomic E-state index is 0.0437. The van der Waals surface area contributed by atoms with Crippen LogP contribution in [0.5, 0.6) is 0 Å². The lowest BCUT2D eigenvalue weighted by Gasteiger charge is -1.97. The first-order valence-electron chi connectivity index (χ1n) is 6.33. The van der Waals surface area contributed by atoms with Gasteiger partial charge in [-0.3, -0.25) is 14.8 Å². The highest BCUT2D eigenvalue weighted by atomic mass is 16.4. The number of benzene rings is 1. The topological polar surface area (TPSA) is 85.8 Å². The highest BCUT2D eigenvalue weighted by molar-refractivity contribution is 6.01. The molecule has 21 heavy (non-hydrogen) atoms. The lowest BCUT2D eigenvalue weighted by molar-refractivity contribution is 0.101. The Morgan fingerprint density at radius 2 is 2.14 bits per heavy atom. The Hall–Kier alpha value is -2.96. The number of amides is 1. The van der Waals surface area contributed by atoms with Crippen LogP contribution in [-0.2, 0) is 7.05 Å². The number of nitrogens with one attached hydrogen (secondary N) is 1. The molecule has 0 saturated carbocycles. The van der Waals surface area contributed by atoms with E-state index in [1.807, 2.05) is 31.2 Å². The molecule has 1 amide bonds. The minimum Gasteiger partial charge on any atom is -0.403 e. The van der Waals surface area contributed by atoms with Crippen molar-refractivity contribution in [3.05, 3.63) is 47.8 Å². The summed E-state index contributed by atoms with van der Waals surface area (Å²) >= 11 is 0. The summed E-state index contributed by atoms with van der Waals surface area (Å²) in [5, 5.41) is 14.3. The number of rotatable bonds is 3. The fraction of sp³-hybridized carbons (Fsp3) is 0.143. The summed E-state index contributed by atoms with van der Waals surface area (Å²) in [6.07, 6.45) is 1.68. The maximum atomic E-state index is 11.9. The molecule has 2 heterocycles. The van der Waals surface area contributed by atoms with E-state index in [1.165, 1.54) is 0 Å². The molecule has 0 saturated heterocycles. The summed E-state index contributed by atoms with van der Waals surface area (Å²) in [6.45, 7) is 1.98. The predicted molar refractivity (Wildman–Crippen MR) is 75.6 cm³/mol.